The van der Waals surface area contributed by atoms with Crippen molar-refractivity contribution >= 4 is 11.6 Å². The maximum Gasteiger partial charge on any atom is 0.146 e. The van der Waals surface area contributed by atoms with E-state index in [1.54, 1.807) is 13.3 Å². The fourth-order valence-corrected chi connectivity index (χ4v) is 5.69. The van der Waals surface area contributed by atoms with Crippen LogP contribution >= 0.6 is 0 Å². The van der Waals surface area contributed by atoms with Crippen molar-refractivity contribution < 1.29 is 14.7 Å². The summed E-state index contributed by atoms with van der Waals surface area (Å²) in [6.45, 7) is 6.05. The van der Waals surface area contributed by atoms with Gasteiger partial charge < -0.3 is 5.11 Å². The minimum Gasteiger partial charge on any atom is -0.396 e. The van der Waals surface area contributed by atoms with Crippen LogP contribution in [-0.2, 0) is 9.59 Å². The van der Waals surface area contributed by atoms with Crippen LogP contribution in [0.25, 0.3) is 0 Å². The Kier molecular flexibility index (Phi) is 28.3. The molecule has 0 aromatic heterocycles. The van der Waals surface area contributed by atoms with E-state index in [0.717, 1.165) is 25.7 Å². The van der Waals surface area contributed by atoms with Gasteiger partial charge in [0.15, 0.2) is 0 Å². The fraction of sp³-hybridized carbons (Fsp3) is 0.917. The largest absolute Gasteiger partial charge is 0.396 e. The molecular weight excluding hydrogens is 480 g/mol. The first-order chi connectivity index (χ1) is 19.0. The van der Waals surface area contributed by atoms with Gasteiger partial charge in [-0.05, 0) is 19.8 Å². The average Bonchev–Trinajstić information content (AvgIpc) is 2.93. The highest BCUT2D eigenvalue weighted by Crippen LogP contribution is 2.29. The van der Waals surface area contributed by atoms with Crippen LogP contribution in [0.4, 0.5) is 0 Å². The van der Waals surface area contributed by atoms with E-state index in [1.165, 1.54) is 141 Å². The van der Waals surface area contributed by atoms with E-state index < -0.39 is 5.41 Å². The van der Waals surface area contributed by atoms with Crippen LogP contribution in [0.1, 0.15) is 201 Å². The second kappa shape index (κ2) is 28.8. The summed E-state index contributed by atoms with van der Waals surface area (Å²) in [6, 6.07) is 0. The second-order valence-corrected chi connectivity index (χ2v) is 12.4. The molecule has 0 aliphatic carbocycles. The van der Waals surface area contributed by atoms with Gasteiger partial charge in [-0.2, -0.15) is 0 Å². The molecular formula is C36H69O3. The van der Waals surface area contributed by atoms with E-state index >= 15 is 0 Å². The van der Waals surface area contributed by atoms with Gasteiger partial charge >= 0.3 is 0 Å². The summed E-state index contributed by atoms with van der Waals surface area (Å²) in [7, 11) is 0. The summed E-state index contributed by atoms with van der Waals surface area (Å²) in [5.41, 5.74) is -1.11. The van der Waals surface area contributed by atoms with Crippen molar-refractivity contribution in [3.63, 3.8) is 0 Å². The van der Waals surface area contributed by atoms with Crippen LogP contribution in [0.2, 0.25) is 0 Å². The van der Waals surface area contributed by atoms with Crippen LogP contribution in [0.15, 0.2) is 0 Å². The number of hydrogen-bond acceptors (Lipinski definition) is 3. The second-order valence-electron chi connectivity index (χ2n) is 12.4. The van der Waals surface area contributed by atoms with Gasteiger partial charge in [0, 0.05) is 25.9 Å². The molecule has 0 aliphatic heterocycles. The minimum atomic E-state index is -1.11. The summed E-state index contributed by atoms with van der Waals surface area (Å²) >= 11 is 0. The minimum absolute atomic E-state index is 0.000632. The number of carbonyl (C=O) groups is 2. The van der Waals surface area contributed by atoms with Gasteiger partial charge in [0.1, 0.15) is 11.6 Å². The molecule has 3 nitrogen and oxygen atoms in total. The van der Waals surface area contributed by atoms with Gasteiger partial charge in [-0.25, -0.2) is 0 Å². The summed E-state index contributed by atoms with van der Waals surface area (Å²) in [4.78, 5) is 25.9. The lowest BCUT2D eigenvalue weighted by molar-refractivity contribution is -0.138. The molecule has 0 aliphatic rings. The molecule has 1 radical (unpaired) electrons. The molecule has 0 saturated carbocycles. The Labute approximate surface area is 245 Å². The van der Waals surface area contributed by atoms with E-state index in [4.69, 9.17) is 0 Å². The Morgan fingerprint density at radius 3 is 0.923 bits per heavy atom. The van der Waals surface area contributed by atoms with Gasteiger partial charge in [0.2, 0.25) is 0 Å². The molecule has 0 unspecified atom stereocenters. The topological polar surface area (TPSA) is 54.4 Å². The Balaban J connectivity index is 3.85. The summed E-state index contributed by atoms with van der Waals surface area (Å²) in [5, 5.41) is 9.51. The molecule has 0 saturated heterocycles. The number of aliphatic hydroxyl groups is 1. The first kappa shape index (κ1) is 38.3. The average molecular weight is 550 g/mol. The van der Waals surface area contributed by atoms with Crippen LogP contribution in [0.5, 0.6) is 0 Å². The number of ketones is 2. The molecule has 1 N–H and O–H groups in total. The molecule has 231 valence electrons. The fourth-order valence-electron chi connectivity index (χ4n) is 5.69. The van der Waals surface area contributed by atoms with E-state index in [1.807, 2.05) is 0 Å². The van der Waals surface area contributed by atoms with E-state index in [9.17, 15) is 14.7 Å². The summed E-state index contributed by atoms with van der Waals surface area (Å²) in [5.74, 6) is -0.00126. The highest BCUT2D eigenvalue weighted by Gasteiger charge is 2.38. The zero-order valence-corrected chi connectivity index (χ0v) is 26.8. The Hall–Kier alpha value is -0.700. The lowest BCUT2D eigenvalue weighted by atomic mass is 9.75. The van der Waals surface area contributed by atoms with Crippen molar-refractivity contribution in [3.05, 3.63) is 6.42 Å². The molecule has 0 heterocycles. The Morgan fingerprint density at radius 2 is 0.692 bits per heavy atom. The van der Waals surface area contributed by atoms with Crippen molar-refractivity contribution in [1.82, 2.24) is 0 Å². The molecule has 0 fully saturated rings. The third-order valence-electron chi connectivity index (χ3n) is 8.67. The highest BCUT2D eigenvalue weighted by atomic mass is 16.3. The Morgan fingerprint density at radius 1 is 0.462 bits per heavy atom. The standard InChI is InChI=1S/C36H69O3/c1-4-6-8-10-12-14-16-18-20-22-24-26-28-30-34(38)36(3,32-33-37)35(39)31-29-27-25-23-21-19-17-15-13-11-9-7-5-2/h32,37H,4-31,33H2,1-3H3. The lowest BCUT2D eigenvalue weighted by Crippen LogP contribution is -2.38. The third-order valence-corrected chi connectivity index (χ3v) is 8.67. The third kappa shape index (κ3) is 22.6. The molecule has 3 heteroatoms. The smallest absolute Gasteiger partial charge is 0.146 e. The molecule has 0 atom stereocenters. The molecule has 0 spiro atoms. The quantitative estimate of drug-likeness (QED) is 0.0670. The van der Waals surface area contributed by atoms with Crippen LogP contribution in [0.3, 0.4) is 0 Å². The van der Waals surface area contributed by atoms with Crippen molar-refractivity contribution in [2.45, 2.75) is 201 Å². The normalized spacial score (nSPS) is 11.8. The molecule has 0 bridgehead atoms. The number of Topliss-reactive ketones (excluding diaryl/α,β-unsaturated/α-hetero) is 2. The predicted molar refractivity (Wildman–Crippen MR) is 170 cm³/mol. The maximum absolute atomic E-state index is 13.0. The van der Waals surface area contributed by atoms with E-state index in [-0.39, 0.29) is 18.2 Å². The summed E-state index contributed by atoms with van der Waals surface area (Å²) in [6.07, 6.45) is 35.7. The van der Waals surface area contributed by atoms with Crippen molar-refractivity contribution in [3.8, 4) is 0 Å². The lowest BCUT2D eigenvalue weighted by Gasteiger charge is -2.26. The molecule has 0 aromatic carbocycles. The van der Waals surface area contributed by atoms with E-state index in [0.29, 0.717) is 12.8 Å². The first-order valence-electron chi connectivity index (χ1n) is 17.5. The SMILES string of the molecule is CCCCCCCCCCCCCCCC(=O)C(C)([CH]CO)C(=O)CCCCCCCCCCCCCCC. The Bertz CT molecular complexity index is 499. The monoisotopic (exact) mass is 550 g/mol. The number of rotatable bonds is 32. The van der Waals surface area contributed by atoms with Crippen molar-refractivity contribution in [2.24, 2.45) is 5.41 Å². The first-order valence-corrected chi connectivity index (χ1v) is 17.5. The number of aliphatic hydroxyl groups excluding tert-OH is 1. The van der Waals surface area contributed by atoms with Crippen molar-refractivity contribution in [1.29, 1.82) is 0 Å². The summed E-state index contributed by atoms with van der Waals surface area (Å²) < 4.78 is 0. The van der Waals surface area contributed by atoms with Crippen LogP contribution in [0, 0.1) is 11.8 Å². The molecule has 39 heavy (non-hydrogen) atoms. The van der Waals surface area contributed by atoms with Crippen molar-refractivity contribution in [2.75, 3.05) is 6.61 Å². The highest BCUT2D eigenvalue weighted by molar-refractivity contribution is 6.08. The molecule has 0 aromatic rings. The predicted octanol–water partition coefficient (Wildman–Crippen LogP) is 11.3. The van der Waals surface area contributed by atoms with Crippen LogP contribution < -0.4 is 0 Å². The zero-order valence-electron chi connectivity index (χ0n) is 26.8. The van der Waals surface area contributed by atoms with Gasteiger partial charge in [-0.15, -0.1) is 0 Å². The number of hydrogen-bond donors (Lipinski definition) is 1. The maximum atomic E-state index is 13.0. The van der Waals surface area contributed by atoms with Gasteiger partial charge in [-0.1, -0.05) is 168 Å². The number of unbranched alkanes of at least 4 members (excludes halogenated alkanes) is 24. The van der Waals surface area contributed by atoms with Gasteiger partial charge in [0.05, 0.1) is 5.41 Å². The van der Waals surface area contributed by atoms with Crippen LogP contribution in [-0.4, -0.2) is 23.3 Å². The van der Waals surface area contributed by atoms with E-state index in [2.05, 4.69) is 13.8 Å². The molecule has 0 amide bonds. The number of carbonyl (C=O) groups excluding carboxylic acids is 2. The van der Waals surface area contributed by atoms with Gasteiger partial charge in [0.25, 0.3) is 0 Å². The molecule has 0 rings (SSSR count). The zero-order chi connectivity index (χ0) is 28.9. The van der Waals surface area contributed by atoms with Gasteiger partial charge in [-0.3, -0.25) is 9.59 Å².